The summed E-state index contributed by atoms with van der Waals surface area (Å²) in [5.74, 6) is -0.210. The van der Waals surface area contributed by atoms with Crippen molar-refractivity contribution in [1.82, 2.24) is 0 Å². The summed E-state index contributed by atoms with van der Waals surface area (Å²) in [6, 6.07) is 3.59. The van der Waals surface area contributed by atoms with Gasteiger partial charge in [-0.1, -0.05) is 0 Å². The van der Waals surface area contributed by atoms with Gasteiger partial charge in [0.2, 0.25) is 0 Å². The standard InChI is InChI=1S/C10H11F2N/c11-7-1-2-10(12)9(4-7)8-3-6(8)5-13/h1-2,4,6,8H,3,5,13H2/t6-,8+/m1/s1. The molecule has 1 aliphatic rings. The van der Waals surface area contributed by atoms with Crippen LogP contribution in [0.3, 0.4) is 0 Å². The molecule has 2 atom stereocenters. The minimum Gasteiger partial charge on any atom is -0.330 e. The molecule has 1 aromatic rings. The molecular formula is C10H11F2N. The summed E-state index contributed by atoms with van der Waals surface area (Å²) in [6.07, 6.45) is 0.886. The third-order valence-corrected chi connectivity index (χ3v) is 2.58. The molecule has 70 valence electrons. The molecule has 1 saturated carbocycles. The minimum atomic E-state index is -0.376. The van der Waals surface area contributed by atoms with Crippen LogP contribution in [-0.4, -0.2) is 6.54 Å². The van der Waals surface area contributed by atoms with Crippen molar-refractivity contribution in [3.8, 4) is 0 Å². The topological polar surface area (TPSA) is 26.0 Å². The molecule has 1 aliphatic carbocycles. The first kappa shape index (κ1) is 8.63. The van der Waals surface area contributed by atoms with Crippen molar-refractivity contribution in [3.63, 3.8) is 0 Å². The molecule has 0 unspecified atom stereocenters. The molecule has 2 N–H and O–H groups in total. The molecule has 0 spiro atoms. The molecule has 3 heteroatoms. The van der Waals surface area contributed by atoms with Crippen molar-refractivity contribution in [1.29, 1.82) is 0 Å². The maximum Gasteiger partial charge on any atom is 0.126 e. The second kappa shape index (κ2) is 3.07. The summed E-state index contributed by atoms with van der Waals surface area (Å²) in [4.78, 5) is 0. The van der Waals surface area contributed by atoms with E-state index in [1.807, 2.05) is 0 Å². The Bertz CT molecular complexity index is 325. The van der Waals surface area contributed by atoms with Gasteiger partial charge in [0.25, 0.3) is 0 Å². The van der Waals surface area contributed by atoms with Crippen LogP contribution < -0.4 is 5.73 Å². The number of benzene rings is 1. The third-order valence-electron chi connectivity index (χ3n) is 2.58. The summed E-state index contributed by atoms with van der Waals surface area (Å²) in [5.41, 5.74) is 5.92. The van der Waals surface area contributed by atoms with E-state index in [4.69, 9.17) is 5.73 Å². The van der Waals surface area contributed by atoms with E-state index < -0.39 is 0 Å². The van der Waals surface area contributed by atoms with Gasteiger partial charge in [-0.3, -0.25) is 0 Å². The van der Waals surface area contributed by atoms with Crippen LogP contribution in [-0.2, 0) is 0 Å². The SMILES string of the molecule is NC[C@H]1C[C@@H]1c1cc(F)ccc1F. The minimum absolute atomic E-state index is 0.140. The molecule has 0 radical (unpaired) electrons. The molecule has 0 saturated heterocycles. The van der Waals surface area contributed by atoms with Gasteiger partial charge in [-0.2, -0.15) is 0 Å². The Kier molecular flexibility index (Phi) is 2.04. The van der Waals surface area contributed by atoms with Gasteiger partial charge >= 0.3 is 0 Å². The van der Waals surface area contributed by atoms with Crippen molar-refractivity contribution >= 4 is 0 Å². The number of hydrogen-bond acceptors (Lipinski definition) is 1. The summed E-state index contributed by atoms with van der Waals surface area (Å²) >= 11 is 0. The Labute approximate surface area is 75.6 Å². The van der Waals surface area contributed by atoms with Gasteiger partial charge in [0.05, 0.1) is 0 Å². The van der Waals surface area contributed by atoms with E-state index in [1.54, 1.807) is 0 Å². The van der Waals surface area contributed by atoms with Crippen LogP contribution >= 0.6 is 0 Å². The number of hydrogen-bond donors (Lipinski definition) is 1. The Morgan fingerprint density at radius 2 is 2.15 bits per heavy atom. The van der Waals surface area contributed by atoms with Gasteiger partial charge in [-0.05, 0) is 48.6 Å². The normalized spacial score (nSPS) is 26.1. The van der Waals surface area contributed by atoms with Crippen molar-refractivity contribution < 1.29 is 8.78 Å². The van der Waals surface area contributed by atoms with Gasteiger partial charge in [-0.25, -0.2) is 8.78 Å². The Morgan fingerprint density at radius 1 is 1.38 bits per heavy atom. The largest absolute Gasteiger partial charge is 0.330 e. The smallest absolute Gasteiger partial charge is 0.126 e. The fourth-order valence-electron chi connectivity index (χ4n) is 1.69. The highest BCUT2D eigenvalue weighted by atomic mass is 19.1. The molecule has 1 aromatic carbocycles. The van der Waals surface area contributed by atoms with E-state index >= 15 is 0 Å². The van der Waals surface area contributed by atoms with Crippen molar-refractivity contribution in [2.45, 2.75) is 12.3 Å². The summed E-state index contributed by atoms with van der Waals surface area (Å²) < 4.78 is 25.9. The first-order valence-corrected chi connectivity index (χ1v) is 4.37. The van der Waals surface area contributed by atoms with E-state index in [0.29, 0.717) is 18.0 Å². The van der Waals surface area contributed by atoms with Crippen LogP contribution in [0.15, 0.2) is 18.2 Å². The van der Waals surface area contributed by atoms with E-state index in [2.05, 4.69) is 0 Å². The van der Waals surface area contributed by atoms with Crippen LogP contribution in [0, 0.1) is 17.6 Å². The van der Waals surface area contributed by atoms with Crippen LogP contribution in [0.25, 0.3) is 0 Å². The van der Waals surface area contributed by atoms with Crippen LogP contribution in [0.4, 0.5) is 8.78 Å². The highest BCUT2D eigenvalue weighted by molar-refractivity contribution is 5.28. The lowest BCUT2D eigenvalue weighted by Gasteiger charge is -2.01. The lowest BCUT2D eigenvalue weighted by Crippen LogP contribution is -2.02. The second-order valence-electron chi connectivity index (χ2n) is 3.50. The van der Waals surface area contributed by atoms with Gasteiger partial charge in [0.1, 0.15) is 11.6 Å². The monoisotopic (exact) mass is 183 g/mol. The summed E-state index contributed by atoms with van der Waals surface area (Å²) in [6.45, 7) is 0.556. The Hall–Kier alpha value is -0.960. The molecule has 0 aliphatic heterocycles. The van der Waals surface area contributed by atoms with Crippen LogP contribution in [0.5, 0.6) is 0 Å². The van der Waals surface area contributed by atoms with Gasteiger partial charge in [0, 0.05) is 0 Å². The zero-order valence-electron chi connectivity index (χ0n) is 7.13. The van der Waals surface area contributed by atoms with Gasteiger partial charge in [0.15, 0.2) is 0 Å². The maximum absolute atomic E-state index is 13.2. The molecule has 13 heavy (non-hydrogen) atoms. The Balaban J connectivity index is 2.25. The number of halogens is 2. The zero-order valence-corrected chi connectivity index (χ0v) is 7.13. The molecule has 1 nitrogen and oxygen atoms in total. The highest BCUT2D eigenvalue weighted by Crippen LogP contribution is 2.47. The third kappa shape index (κ3) is 1.56. The average molecular weight is 183 g/mol. The van der Waals surface area contributed by atoms with Crippen molar-refractivity contribution in [2.75, 3.05) is 6.54 Å². The molecule has 0 bridgehead atoms. The second-order valence-corrected chi connectivity index (χ2v) is 3.50. The first-order chi connectivity index (χ1) is 6.22. The predicted octanol–water partition coefficient (Wildman–Crippen LogP) is 2.03. The molecule has 2 rings (SSSR count). The molecule has 0 amide bonds. The lowest BCUT2D eigenvalue weighted by atomic mass is 10.1. The molecule has 0 heterocycles. The van der Waals surface area contributed by atoms with Crippen molar-refractivity contribution in [3.05, 3.63) is 35.4 Å². The van der Waals surface area contributed by atoms with Crippen LogP contribution in [0.1, 0.15) is 17.9 Å². The highest BCUT2D eigenvalue weighted by Gasteiger charge is 2.38. The first-order valence-electron chi connectivity index (χ1n) is 4.37. The van der Waals surface area contributed by atoms with Crippen molar-refractivity contribution in [2.24, 2.45) is 11.7 Å². The van der Waals surface area contributed by atoms with E-state index in [0.717, 1.165) is 12.5 Å². The lowest BCUT2D eigenvalue weighted by molar-refractivity contribution is 0.582. The predicted molar refractivity (Wildman–Crippen MR) is 46.3 cm³/mol. The van der Waals surface area contributed by atoms with Gasteiger partial charge < -0.3 is 5.73 Å². The molecular weight excluding hydrogens is 172 g/mol. The van der Waals surface area contributed by atoms with Crippen LogP contribution in [0.2, 0.25) is 0 Å². The maximum atomic E-state index is 13.2. The summed E-state index contributed by atoms with van der Waals surface area (Å²) in [5, 5.41) is 0. The van der Waals surface area contributed by atoms with E-state index in [9.17, 15) is 8.78 Å². The van der Waals surface area contributed by atoms with E-state index in [1.165, 1.54) is 12.1 Å². The fourth-order valence-corrected chi connectivity index (χ4v) is 1.69. The average Bonchev–Trinajstić information content (AvgIpc) is 2.88. The molecule has 1 fully saturated rings. The van der Waals surface area contributed by atoms with E-state index in [-0.39, 0.29) is 17.6 Å². The quantitative estimate of drug-likeness (QED) is 0.745. The number of rotatable bonds is 2. The Morgan fingerprint density at radius 3 is 2.77 bits per heavy atom. The molecule has 0 aromatic heterocycles. The summed E-state index contributed by atoms with van der Waals surface area (Å²) in [7, 11) is 0. The zero-order chi connectivity index (χ0) is 9.42. The van der Waals surface area contributed by atoms with Gasteiger partial charge in [-0.15, -0.1) is 0 Å². The number of nitrogens with two attached hydrogens (primary N) is 1. The fraction of sp³-hybridized carbons (Fsp3) is 0.400.